The zero-order valence-electron chi connectivity index (χ0n) is 18.8. The van der Waals surface area contributed by atoms with Gasteiger partial charge in [-0.05, 0) is 46.0 Å². The molecular formula is C21H30N6O3S. The van der Waals surface area contributed by atoms with E-state index >= 15 is 0 Å². The van der Waals surface area contributed by atoms with E-state index in [1.54, 1.807) is 18.7 Å². The van der Waals surface area contributed by atoms with Gasteiger partial charge < -0.3 is 0 Å². The molecule has 0 bridgehead atoms. The van der Waals surface area contributed by atoms with Crippen LogP contribution >= 0.6 is 0 Å². The van der Waals surface area contributed by atoms with Crippen molar-refractivity contribution in [3.8, 4) is 0 Å². The van der Waals surface area contributed by atoms with Crippen LogP contribution in [0.2, 0.25) is 0 Å². The first-order valence-electron chi connectivity index (χ1n) is 10.8. The van der Waals surface area contributed by atoms with Crippen LogP contribution in [0.15, 0.2) is 4.90 Å². The van der Waals surface area contributed by atoms with Crippen molar-refractivity contribution in [3.05, 3.63) is 28.5 Å². The van der Waals surface area contributed by atoms with Gasteiger partial charge in [0.1, 0.15) is 16.5 Å². The third-order valence-corrected chi connectivity index (χ3v) is 8.20. The van der Waals surface area contributed by atoms with Crippen LogP contribution in [0.4, 0.5) is 5.82 Å². The van der Waals surface area contributed by atoms with Gasteiger partial charge in [0.05, 0.1) is 17.4 Å². The molecule has 0 spiro atoms. The van der Waals surface area contributed by atoms with Crippen molar-refractivity contribution in [1.82, 2.24) is 24.5 Å². The summed E-state index contributed by atoms with van der Waals surface area (Å²) in [6, 6.07) is -0.458. The lowest BCUT2D eigenvalue weighted by Crippen LogP contribution is -2.40. The Bertz CT molecular complexity index is 1100. The molecule has 1 saturated heterocycles. The number of hydrogen-bond acceptors (Lipinski definition) is 6. The molecule has 2 aromatic rings. The van der Waals surface area contributed by atoms with E-state index in [1.165, 1.54) is 4.31 Å². The Morgan fingerprint density at radius 2 is 1.87 bits per heavy atom. The van der Waals surface area contributed by atoms with Gasteiger partial charge in [-0.15, -0.1) is 0 Å². The largest absolute Gasteiger partial charge is 0.296 e. The molecule has 9 nitrogen and oxygen atoms in total. The summed E-state index contributed by atoms with van der Waals surface area (Å²) in [5, 5.41) is 6.83. The topological polar surface area (TPSA) is 112 Å². The fraction of sp³-hybridized carbons (Fsp3) is 0.619. The third kappa shape index (κ3) is 3.76. The van der Waals surface area contributed by atoms with Gasteiger partial charge in [-0.2, -0.15) is 9.40 Å². The normalized spacial score (nSPS) is 20.0. The second-order valence-corrected chi connectivity index (χ2v) is 10.7. The van der Waals surface area contributed by atoms with Gasteiger partial charge in [-0.1, -0.05) is 13.8 Å². The maximum atomic E-state index is 13.5. The summed E-state index contributed by atoms with van der Waals surface area (Å²) < 4.78 is 28.5. The van der Waals surface area contributed by atoms with Gasteiger partial charge >= 0.3 is 0 Å². The number of aryl methyl sites for hydroxylation is 3. The van der Waals surface area contributed by atoms with Crippen LogP contribution in [0.25, 0.3) is 0 Å². The Morgan fingerprint density at radius 3 is 2.52 bits per heavy atom. The van der Waals surface area contributed by atoms with Crippen LogP contribution < -0.4 is 4.90 Å². The van der Waals surface area contributed by atoms with Crippen molar-refractivity contribution in [3.63, 3.8) is 0 Å². The molecule has 0 radical (unpaired) electrons. The first kappa shape index (κ1) is 21.9. The highest BCUT2D eigenvalue weighted by Gasteiger charge is 2.41. The molecule has 4 heterocycles. The number of hydrogen-bond donors (Lipinski definition) is 1. The summed E-state index contributed by atoms with van der Waals surface area (Å²) >= 11 is 0. The van der Waals surface area contributed by atoms with E-state index in [0.717, 1.165) is 17.7 Å². The number of anilines is 1. The van der Waals surface area contributed by atoms with E-state index in [-0.39, 0.29) is 10.8 Å². The van der Waals surface area contributed by atoms with Gasteiger partial charge in [0, 0.05) is 30.8 Å². The second-order valence-electron chi connectivity index (χ2n) is 8.90. The van der Waals surface area contributed by atoms with Crippen LogP contribution in [-0.2, 0) is 21.2 Å². The maximum absolute atomic E-state index is 13.5. The number of aromatic amines is 1. The first-order chi connectivity index (χ1) is 14.6. The standard InChI is InChI=1S/C21H30N6O3S/c1-12(2)11-26-18(28)9-8-16-13(3)22-20(23-21(16)26)17-7-6-10-27(17)31(29,30)19-14(4)24-25-15(19)5/h12,17H,6-11H2,1-5H3,(H,24,25)/t17-/m1/s1. The summed E-state index contributed by atoms with van der Waals surface area (Å²) in [6.07, 6.45) is 2.45. The van der Waals surface area contributed by atoms with Gasteiger partial charge in [-0.3, -0.25) is 14.8 Å². The molecule has 0 aliphatic carbocycles. The lowest BCUT2D eigenvalue weighted by molar-refractivity contribution is -0.119. The lowest BCUT2D eigenvalue weighted by Gasteiger charge is -2.31. The molecule has 1 atom stereocenters. The van der Waals surface area contributed by atoms with E-state index in [2.05, 4.69) is 24.0 Å². The molecule has 31 heavy (non-hydrogen) atoms. The number of nitrogens with zero attached hydrogens (tertiary/aromatic N) is 5. The second kappa shape index (κ2) is 7.98. The number of carbonyl (C=O) groups is 1. The Hall–Kier alpha value is -2.33. The molecular weight excluding hydrogens is 416 g/mol. The highest BCUT2D eigenvalue weighted by molar-refractivity contribution is 7.89. The van der Waals surface area contributed by atoms with Gasteiger partial charge in [-0.25, -0.2) is 18.4 Å². The van der Waals surface area contributed by atoms with Gasteiger partial charge in [0.2, 0.25) is 15.9 Å². The van der Waals surface area contributed by atoms with Crippen LogP contribution in [0.5, 0.6) is 0 Å². The van der Waals surface area contributed by atoms with Crippen molar-refractivity contribution in [1.29, 1.82) is 0 Å². The molecule has 10 heteroatoms. The fourth-order valence-electron chi connectivity index (χ4n) is 4.63. The number of carbonyl (C=O) groups excluding carboxylic acids is 1. The molecule has 0 aromatic carbocycles. The van der Waals surface area contributed by atoms with Gasteiger partial charge in [0.25, 0.3) is 0 Å². The lowest BCUT2D eigenvalue weighted by atomic mass is 10.0. The monoisotopic (exact) mass is 446 g/mol. The molecule has 1 fully saturated rings. The number of sulfonamides is 1. The van der Waals surface area contributed by atoms with E-state index < -0.39 is 16.1 Å². The van der Waals surface area contributed by atoms with E-state index in [1.807, 2.05) is 6.92 Å². The van der Waals surface area contributed by atoms with Crippen LogP contribution in [-0.4, -0.2) is 51.9 Å². The van der Waals surface area contributed by atoms with Crippen molar-refractivity contribution >= 4 is 21.7 Å². The smallest absolute Gasteiger partial charge is 0.247 e. The predicted octanol–water partition coefficient (Wildman–Crippen LogP) is 2.59. The van der Waals surface area contributed by atoms with Crippen LogP contribution in [0, 0.1) is 26.7 Å². The zero-order valence-corrected chi connectivity index (χ0v) is 19.6. The minimum absolute atomic E-state index is 0.0609. The molecule has 2 aromatic heterocycles. The van der Waals surface area contributed by atoms with Crippen molar-refractivity contribution in [2.24, 2.45) is 5.92 Å². The molecule has 0 saturated carbocycles. The molecule has 2 aliphatic rings. The zero-order chi connectivity index (χ0) is 22.5. The van der Waals surface area contributed by atoms with E-state index in [4.69, 9.17) is 9.97 Å². The molecule has 4 rings (SSSR count). The number of H-pyrrole nitrogens is 1. The van der Waals surface area contributed by atoms with Crippen LogP contribution in [0.1, 0.15) is 67.6 Å². The number of amides is 1. The Morgan fingerprint density at radius 1 is 1.13 bits per heavy atom. The minimum Gasteiger partial charge on any atom is -0.296 e. The third-order valence-electron chi connectivity index (χ3n) is 6.03. The van der Waals surface area contributed by atoms with E-state index in [9.17, 15) is 13.2 Å². The minimum atomic E-state index is -3.75. The Balaban J connectivity index is 1.77. The number of fused-ring (bicyclic) bond motifs is 1. The average molecular weight is 447 g/mol. The summed E-state index contributed by atoms with van der Waals surface area (Å²) in [5.41, 5.74) is 2.79. The highest BCUT2D eigenvalue weighted by atomic mass is 32.2. The molecule has 168 valence electrons. The SMILES string of the molecule is Cc1nc([C@H]2CCCN2S(=O)(=O)c2c(C)n[nH]c2C)nc2c1CCC(=O)N2CC(C)C. The van der Waals surface area contributed by atoms with Crippen LogP contribution in [0.3, 0.4) is 0 Å². The molecule has 1 amide bonds. The molecule has 0 unspecified atom stereocenters. The highest BCUT2D eigenvalue weighted by Crippen LogP contribution is 2.38. The van der Waals surface area contributed by atoms with Crippen molar-refractivity contribution in [2.75, 3.05) is 18.0 Å². The average Bonchev–Trinajstić information content (AvgIpc) is 3.31. The van der Waals surface area contributed by atoms with Crippen molar-refractivity contribution in [2.45, 2.75) is 71.2 Å². The summed E-state index contributed by atoms with van der Waals surface area (Å²) in [6.45, 7) is 10.5. The number of nitrogens with one attached hydrogen (secondary N) is 1. The molecule has 2 aliphatic heterocycles. The summed E-state index contributed by atoms with van der Waals surface area (Å²) in [4.78, 5) is 24.1. The van der Waals surface area contributed by atoms with E-state index in [0.29, 0.717) is 61.3 Å². The fourth-order valence-corrected chi connectivity index (χ4v) is 6.62. The van der Waals surface area contributed by atoms with Crippen molar-refractivity contribution < 1.29 is 13.2 Å². The molecule has 1 N–H and O–H groups in total. The first-order valence-corrected chi connectivity index (χ1v) is 12.3. The summed E-state index contributed by atoms with van der Waals surface area (Å²) in [5.74, 6) is 1.47. The number of aromatic nitrogens is 4. The predicted molar refractivity (Wildman–Crippen MR) is 116 cm³/mol. The Labute approximate surface area is 183 Å². The maximum Gasteiger partial charge on any atom is 0.247 e. The number of rotatable bonds is 5. The van der Waals surface area contributed by atoms with Gasteiger partial charge in [0.15, 0.2) is 0 Å². The quantitative estimate of drug-likeness (QED) is 0.755. The Kier molecular flexibility index (Phi) is 5.63. The summed E-state index contributed by atoms with van der Waals surface area (Å²) in [7, 11) is -3.75.